The quantitative estimate of drug-likeness (QED) is 0.793. The summed E-state index contributed by atoms with van der Waals surface area (Å²) < 4.78 is 14.4. The number of fused-ring (bicyclic) bond motifs is 1. The molecule has 2 heterocycles. The molecule has 0 spiro atoms. The van der Waals surface area contributed by atoms with Crippen LogP contribution in [0.1, 0.15) is 26.4 Å². The van der Waals surface area contributed by atoms with Gasteiger partial charge in [0.2, 0.25) is 0 Å². The van der Waals surface area contributed by atoms with Crippen LogP contribution in [-0.4, -0.2) is 21.7 Å². The van der Waals surface area contributed by atoms with E-state index < -0.39 is 17.6 Å². The summed E-state index contributed by atoms with van der Waals surface area (Å²) >= 11 is 3.24. The lowest BCUT2D eigenvalue weighted by atomic mass is 10.2. The molecule has 100 valence electrons. The van der Waals surface area contributed by atoms with Crippen molar-refractivity contribution in [1.29, 1.82) is 0 Å². The largest absolute Gasteiger partial charge is 0.280 e. The van der Waals surface area contributed by atoms with Crippen molar-refractivity contribution in [2.24, 2.45) is 0 Å². The van der Waals surface area contributed by atoms with E-state index in [1.54, 1.807) is 24.3 Å². The van der Waals surface area contributed by atoms with Crippen LogP contribution in [-0.2, 0) is 6.54 Å². The Morgan fingerprint density at radius 2 is 2.00 bits per heavy atom. The smallest absolute Gasteiger partial charge is 0.268 e. The summed E-state index contributed by atoms with van der Waals surface area (Å²) in [7, 11) is 0. The SMILES string of the molecule is O=C1c2cccnc2C(=O)N1Cc1cc(Br)ccc1F. The molecule has 0 unspecified atom stereocenters. The molecule has 1 aromatic carbocycles. The van der Waals surface area contributed by atoms with Crippen LogP contribution in [0.15, 0.2) is 41.0 Å². The van der Waals surface area contributed by atoms with Crippen LogP contribution in [0, 0.1) is 5.82 Å². The third-order valence-electron chi connectivity index (χ3n) is 3.07. The Labute approximate surface area is 122 Å². The van der Waals surface area contributed by atoms with Crippen molar-refractivity contribution in [1.82, 2.24) is 9.88 Å². The molecular weight excluding hydrogens is 327 g/mol. The summed E-state index contributed by atoms with van der Waals surface area (Å²) in [5.74, 6) is -1.40. The van der Waals surface area contributed by atoms with Crippen LogP contribution in [0.4, 0.5) is 4.39 Å². The first-order valence-electron chi connectivity index (χ1n) is 5.83. The highest BCUT2D eigenvalue weighted by Gasteiger charge is 2.36. The second-order valence-electron chi connectivity index (χ2n) is 4.33. The van der Waals surface area contributed by atoms with Crippen molar-refractivity contribution < 1.29 is 14.0 Å². The summed E-state index contributed by atoms with van der Waals surface area (Å²) in [6, 6.07) is 7.53. The topological polar surface area (TPSA) is 50.3 Å². The number of carbonyl (C=O) groups is 2. The van der Waals surface area contributed by atoms with Gasteiger partial charge in [0.1, 0.15) is 11.5 Å². The number of pyridine rings is 1. The molecule has 0 saturated carbocycles. The van der Waals surface area contributed by atoms with Gasteiger partial charge in [-0.2, -0.15) is 0 Å². The number of hydrogen-bond acceptors (Lipinski definition) is 3. The fourth-order valence-electron chi connectivity index (χ4n) is 2.09. The fourth-order valence-corrected chi connectivity index (χ4v) is 2.50. The van der Waals surface area contributed by atoms with Gasteiger partial charge in [-0.3, -0.25) is 19.5 Å². The van der Waals surface area contributed by atoms with Gasteiger partial charge in [0, 0.05) is 16.2 Å². The zero-order valence-electron chi connectivity index (χ0n) is 10.1. The van der Waals surface area contributed by atoms with Gasteiger partial charge in [-0.25, -0.2) is 4.39 Å². The minimum absolute atomic E-state index is 0.112. The predicted molar refractivity (Wildman–Crippen MR) is 72.5 cm³/mol. The number of halogens is 2. The van der Waals surface area contributed by atoms with Gasteiger partial charge in [-0.15, -0.1) is 0 Å². The van der Waals surface area contributed by atoms with Gasteiger partial charge in [0.25, 0.3) is 11.8 Å². The molecule has 20 heavy (non-hydrogen) atoms. The molecule has 0 radical (unpaired) electrons. The molecule has 2 amide bonds. The van der Waals surface area contributed by atoms with Gasteiger partial charge in [-0.1, -0.05) is 15.9 Å². The summed E-state index contributed by atoms with van der Waals surface area (Å²) in [5.41, 5.74) is 0.648. The Hall–Kier alpha value is -2.08. The second kappa shape index (κ2) is 4.79. The Morgan fingerprint density at radius 1 is 1.20 bits per heavy atom. The third-order valence-corrected chi connectivity index (χ3v) is 3.56. The van der Waals surface area contributed by atoms with Crippen LogP contribution >= 0.6 is 15.9 Å². The van der Waals surface area contributed by atoms with Gasteiger partial charge in [0.15, 0.2) is 0 Å². The van der Waals surface area contributed by atoms with E-state index in [0.29, 0.717) is 4.47 Å². The predicted octanol–water partition coefficient (Wildman–Crippen LogP) is 2.78. The average molecular weight is 335 g/mol. The Morgan fingerprint density at radius 3 is 2.75 bits per heavy atom. The van der Waals surface area contributed by atoms with Crippen LogP contribution < -0.4 is 0 Å². The zero-order chi connectivity index (χ0) is 14.3. The molecule has 2 aromatic rings. The summed E-state index contributed by atoms with van der Waals surface area (Å²) in [4.78, 5) is 29.2. The molecular formula is C14H8BrFN2O2. The van der Waals surface area contributed by atoms with Crippen LogP contribution in [0.5, 0.6) is 0 Å². The number of benzene rings is 1. The van der Waals surface area contributed by atoms with Crippen LogP contribution in [0.25, 0.3) is 0 Å². The molecule has 6 heteroatoms. The van der Waals surface area contributed by atoms with E-state index in [4.69, 9.17) is 0 Å². The number of nitrogens with zero attached hydrogens (tertiary/aromatic N) is 2. The van der Waals surface area contributed by atoms with Crippen LogP contribution in [0.2, 0.25) is 0 Å². The zero-order valence-corrected chi connectivity index (χ0v) is 11.7. The molecule has 0 atom stereocenters. The minimum atomic E-state index is -0.495. The Bertz CT molecular complexity index is 698. The van der Waals surface area contributed by atoms with Crippen molar-refractivity contribution >= 4 is 27.7 Å². The van der Waals surface area contributed by atoms with E-state index in [9.17, 15) is 14.0 Å². The van der Waals surface area contributed by atoms with E-state index in [-0.39, 0.29) is 23.4 Å². The number of carbonyl (C=O) groups excluding carboxylic acids is 2. The number of imide groups is 1. The fraction of sp³-hybridized carbons (Fsp3) is 0.0714. The van der Waals surface area contributed by atoms with Crippen molar-refractivity contribution in [2.75, 3.05) is 0 Å². The number of rotatable bonds is 2. The first-order chi connectivity index (χ1) is 9.58. The van der Waals surface area contributed by atoms with Crippen molar-refractivity contribution in [3.63, 3.8) is 0 Å². The monoisotopic (exact) mass is 334 g/mol. The van der Waals surface area contributed by atoms with Crippen molar-refractivity contribution in [3.05, 3.63) is 63.6 Å². The Balaban J connectivity index is 1.96. The minimum Gasteiger partial charge on any atom is -0.268 e. The molecule has 1 aliphatic heterocycles. The lowest BCUT2D eigenvalue weighted by Crippen LogP contribution is -2.29. The van der Waals surface area contributed by atoms with Gasteiger partial charge < -0.3 is 0 Å². The second-order valence-corrected chi connectivity index (χ2v) is 5.25. The Kier molecular flexibility index (Phi) is 3.10. The molecule has 0 N–H and O–H groups in total. The molecule has 0 saturated heterocycles. The number of hydrogen-bond donors (Lipinski definition) is 0. The maximum atomic E-state index is 13.7. The van der Waals surface area contributed by atoms with E-state index in [1.807, 2.05) is 0 Å². The average Bonchev–Trinajstić information content (AvgIpc) is 2.68. The first kappa shape index (κ1) is 12.9. The van der Waals surface area contributed by atoms with E-state index in [1.165, 1.54) is 12.3 Å². The molecule has 3 rings (SSSR count). The maximum Gasteiger partial charge on any atom is 0.280 e. The standard InChI is InChI=1S/C14H8BrFN2O2/c15-9-3-4-11(16)8(6-9)7-18-13(19)10-2-1-5-17-12(10)14(18)20/h1-6H,7H2. The maximum absolute atomic E-state index is 13.7. The summed E-state index contributed by atoms with van der Waals surface area (Å²) in [6.45, 7) is -0.112. The summed E-state index contributed by atoms with van der Waals surface area (Å²) in [6.07, 6.45) is 1.45. The highest BCUT2D eigenvalue weighted by Crippen LogP contribution is 2.24. The normalized spacial score (nSPS) is 13.8. The highest BCUT2D eigenvalue weighted by molar-refractivity contribution is 9.10. The third kappa shape index (κ3) is 2.02. The van der Waals surface area contributed by atoms with Gasteiger partial charge in [0.05, 0.1) is 12.1 Å². The first-order valence-corrected chi connectivity index (χ1v) is 6.62. The molecule has 1 aliphatic rings. The van der Waals surface area contributed by atoms with E-state index in [2.05, 4.69) is 20.9 Å². The molecule has 1 aromatic heterocycles. The van der Waals surface area contributed by atoms with Crippen molar-refractivity contribution in [2.45, 2.75) is 6.54 Å². The van der Waals surface area contributed by atoms with Crippen LogP contribution in [0.3, 0.4) is 0 Å². The van der Waals surface area contributed by atoms with E-state index in [0.717, 1.165) is 4.90 Å². The van der Waals surface area contributed by atoms with E-state index >= 15 is 0 Å². The number of aromatic nitrogens is 1. The molecule has 0 fully saturated rings. The number of amides is 2. The van der Waals surface area contributed by atoms with Crippen molar-refractivity contribution in [3.8, 4) is 0 Å². The van der Waals surface area contributed by atoms with Gasteiger partial charge >= 0.3 is 0 Å². The highest BCUT2D eigenvalue weighted by atomic mass is 79.9. The molecule has 0 bridgehead atoms. The summed E-state index contributed by atoms with van der Waals surface area (Å²) in [5, 5.41) is 0. The lowest BCUT2D eigenvalue weighted by Gasteiger charge is -2.14. The molecule has 0 aliphatic carbocycles. The lowest BCUT2D eigenvalue weighted by molar-refractivity contribution is 0.0639. The molecule has 4 nitrogen and oxygen atoms in total. The van der Waals surface area contributed by atoms with Gasteiger partial charge in [-0.05, 0) is 30.3 Å².